The van der Waals surface area contributed by atoms with Crippen LogP contribution in [0.4, 0.5) is 0 Å². The summed E-state index contributed by atoms with van der Waals surface area (Å²) in [5, 5.41) is 12.5. The van der Waals surface area contributed by atoms with Gasteiger partial charge in [0.15, 0.2) is 0 Å². The Labute approximate surface area is 116 Å². The predicted molar refractivity (Wildman–Crippen MR) is 79.3 cm³/mol. The summed E-state index contributed by atoms with van der Waals surface area (Å²) in [6.45, 7) is 0.450. The zero-order chi connectivity index (χ0) is 13.0. The minimum absolute atomic E-state index is 0.0230. The number of rotatable bonds is 5. The summed E-state index contributed by atoms with van der Waals surface area (Å²) in [6, 6.07) is 12.0. The minimum Gasteiger partial charge on any atom is -0.388 e. The molecule has 3 N–H and O–H groups in total. The monoisotopic (exact) mass is 279 g/mol. The molecule has 0 spiro atoms. The lowest BCUT2D eigenvalue weighted by Gasteiger charge is -2.20. The second-order valence-electron chi connectivity index (χ2n) is 4.08. The molecule has 0 aliphatic rings. The Morgan fingerprint density at radius 3 is 2.50 bits per heavy atom. The van der Waals surface area contributed by atoms with Crippen LogP contribution in [0.25, 0.3) is 0 Å². The molecule has 18 heavy (non-hydrogen) atoms. The summed E-state index contributed by atoms with van der Waals surface area (Å²) in [5.74, 6) is -0.0230. The number of hydrogen-bond acceptors (Lipinski definition) is 4. The molecular formula is C14H17NOS2. The lowest BCUT2D eigenvalue weighted by Crippen LogP contribution is -2.19. The van der Waals surface area contributed by atoms with Crippen LogP contribution in [0.5, 0.6) is 0 Å². The summed E-state index contributed by atoms with van der Waals surface area (Å²) in [4.78, 5) is 2.34. The Bertz CT molecular complexity index is 467. The van der Waals surface area contributed by atoms with Crippen molar-refractivity contribution >= 4 is 23.1 Å². The highest BCUT2D eigenvalue weighted by molar-refractivity contribution is 7.98. The predicted octanol–water partition coefficient (Wildman–Crippen LogP) is 3.25. The van der Waals surface area contributed by atoms with Crippen molar-refractivity contribution in [2.75, 3.05) is 12.8 Å². The Morgan fingerprint density at radius 2 is 2.00 bits per heavy atom. The number of thioether (sulfide) groups is 1. The van der Waals surface area contributed by atoms with Gasteiger partial charge in [-0.15, -0.1) is 23.1 Å². The van der Waals surface area contributed by atoms with Crippen molar-refractivity contribution in [1.82, 2.24) is 0 Å². The molecule has 96 valence electrons. The van der Waals surface area contributed by atoms with Crippen molar-refractivity contribution in [3.05, 3.63) is 52.2 Å². The molecule has 2 nitrogen and oxygen atoms in total. The second kappa shape index (κ2) is 6.38. The average Bonchev–Trinajstić information content (AvgIpc) is 2.93. The first kappa shape index (κ1) is 13.6. The SMILES string of the molecule is CSc1ccc(C(O)C(CN)c2cccs2)cc1. The van der Waals surface area contributed by atoms with Crippen LogP contribution in [0.2, 0.25) is 0 Å². The molecule has 1 aromatic carbocycles. The van der Waals surface area contributed by atoms with Crippen LogP contribution in [-0.4, -0.2) is 17.9 Å². The maximum Gasteiger partial charge on any atom is 0.0878 e. The molecule has 1 heterocycles. The molecule has 0 aliphatic heterocycles. The van der Waals surface area contributed by atoms with E-state index in [2.05, 4.69) is 0 Å². The lowest BCUT2D eigenvalue weighted by atomic mass is 9.94. The van der Waals surface area contributed by atoms with Gasteiger partial charge in [-0.05, 0) is 35.4 Å². The van der Waals surface area contributed by atoms with E-state index in [0.29, 0.717) is 6.54 Å². The Balaban J connectivity index is 2.20. The molecule has 0 aliphatic carbocycles. The molecule has 0 radical (unpaired) electrons. The third kappa shape index (κ3) is 2.95. The summed E-state index contributed by atoms with van der Waals surface area (Å²) in [6.07, 6.45) is 1.50. The second-order valence-corrected chi connectivity index (χ2v) is 5.93. The fraction of sp³-hybridized carbons (Fsp3) is 0.286. The number of aliphatic hydroxyl groups excluding tert-OH is 1. The van der Waals surface area contributed by atoms with E-state index < -0.39 is 6.10 Å². The highest BCUT2D eigenvalue weighted by Gasteiger charge is 2.22. The van der Waals surface area contributed by atoms with Crippen molar-refractivity contribution in [3.63, 3.8) is 0 Å². The van der Waals surface area contributed by atoms with E-state index in [1.54, 1.807) is 23.1 Å². The third-order valence-electron chi connectivity index (χ3n) is 3.00. The largest absolute Gasteiger partial charge is 0.388 e. The molecule has 0 bridgehead atoms. The standard InChI is InChI=1S/C14H17NOS2/c1-17-11-6-4-10(5-7-11)14(16)12(9-15)13-3-2-8-18-13/h2-8,12,14,16H,9,15H2,1H3. The van der Waals surface area contributed by atoms with Gasteiger partial charge in [-0.3, -0.25) is 0 Å². The molecule has 0 saturated carbocycles. The Morgan fingerprint density at radius 1 is 1.28 bits per heavy atom. The smallest absolute Gasteiger partial charge is 0.0878 e. The van der Waals surface area contributed by atoms with Crippen LogP contribution >= 0.6 is 23.1 Å². The molecule has 2 rings (SSSR count). The topological polar surface area (TPSA) is 46.2 Å². The third-order valence-corrected chi connectivity index (χ3v) is 4.75. The van der Waals surface area contributed by atoms with Crippen LogP contribution in [-0.2, 0) is 0 Å². The van der Waals surface area contributed by atoms with Crippen LogP contribution in [0.3, 0.4) is 0 Å². The average molecular weight is 279 g/mol. The van der Waals surface area contributed by atoms with Gasteiger partial charge in [-0.25, -0.2) is 0 Å². The van der Waals surface area contributed by atoms with Crippen molar-refractivity contribution in [2.24, 2.45) is 5.73 Å². The van der Waals surface area contributed by atoms with Gasteiger partial charge in [-0.1, -0.05) is 18.2 Å². The van der Waals surface area contributed by atoms with E-state index in [-0.39, 0.29) is 5.92 Å². The number of benzene rings is 1. The van der Waals surface area contributed by atoms with Gasteiger partial charge >= 0.3 is 0 Å². The van der Waals surface area contributed by atoms with Gasteiger partial charge in [0.2, 0.25) is 0 Å². The summed E-state index contributed by atoms with van der Waals surface area (Å²) < 4.78 is 0. The number of aliphatic hydroxyl groups is 1. The van der Waals surface area contributed by atoms with E-state index in [1.165, 1.54) is 4.90 Å². The lowest BCUT2D eigenvalue weighted by molar-refractivity contribution is 0.149. The summed E-state index contributed by atoms with van der Waals surface area (Å²) >= 11 is 3.34. The molecule has 0 fully saturated rings. The first-order valence-electron chi connectivity index (χ1n) is 5.81. The summed E-state index contributed by atoms with van der Waals surface area (Å²) in [5.41, 5.74) is 6.73. The first-order valence-corrected chi connectivity index (χ1v) is 7.92. The van der Waals surface area contributed by atoms with Crippen molar-refractivity contribution in [2.45, 2.75) is 16.9 Å². The van der Waals surface area contributed by atoms with Crippen molar-refractivity contribution < 1.29 is 5.11 Å². The molecule has 4 heteroatoms. The van der Waals surface area contributed by atoms with Gasteiger partial charge in [0.25, 0.3) is 0 Å². The van der Waals surface area contributed by atoms with Crippen LogP contribution < -0.4 is 5.73 Å². The molecule has 1 aromatic heterocycles. The molecular weight excluding hydrogens is 262 g/mol. The van der Waals surface area contributed by atoms with Crippen molar-refractivity contribution in [3.8, 4) is 0 Å². The fourth-order valence-corrected chi connectivity index (χ4v) is 3.22. The molecule has 0 saturated heterocycles. The normalized spacial score (nSPS) is 14.4. The van der Waals surface area contributed by atoms with Crippen LogP contribution in [0, 0.1) is 0 Å². The zero-order valence-electron chi connectivity index (χ0n) is 10.2. The minimum atomic E-state index is -0.537. The maximum atomic E-state index is 10.4. The quantitative estimate of drug-likeness (QED) is 0.826. The van der Waals surface area contributed by atoms with E-state index in [4.69, 9.17) is 5.73 Å². The Hall–Kier alpha value is -0.810. The van der Waals surface area contributed by atoms with Gasteiger partial charge in [0.1, 0.15) is 0 Å². The van der Waals surface area contributed by atoms with E-state index in [0.717, 1.165) is 10.4 Å². The van der Waals surface area contributed by atoms with Gasteiger partial charge in [-0.2, -0.15) is 0 Å². The Kier molecular flexibility index (Phi) is 4.83. The zero-order valence-corrected chi connectivity index (χ0v) is 11.9. The van der Waals surface area contributed by atoms with Crippen LogP contribution in [0.15, 0.2) is 46.7 Å². The number of nitrogens with two attached hydrogens (primary N) is 1. The maximum absolute atomic E-state index is 10.4. The van der Waals surface area contributed by atoms with E-state index >= 15 is 0 Å². The molecule has 2 atom stereocenters. The van der Waals surface area contributed by atoms with E-state index in [1.807, 2.05) is 48.0 Å². The first-order chi connectivity index (χ1) is 8.76. The molecule has 2 aromatic rings. The number of hydrogen-bond donors (Lipinski definition) is 2. The van der Waals surface area contributed by atoms with Gasteiger partial charge < -0.3 is 10.8 Å². The highest BCUT2D eigenvalue weighted by atomic mass is 32.2. The number of thiophene rings is 1. The molecule has 0 amide bonds. The fourth-order valence-electron chi connectivity index (χ4n) is 1.94. The van der Waals surface area contributed by atoms with Gasteiger partial charge in [0.05, 0.1) is 6.10 Å². The molecule has 2 unspecified atom stereocenters. The van der Waals surface area contributed by atoms with Crippen molar-refractivity contribution in [1.29, 1.82) is 0 Å². The van der Waals surface area contributed by atoms with Crippen LogP contribution in [0.1, 0.15) is 22.5 Å². The highest BCUT2D eigenvalue weighted by Crippen LogP contribution is 2.33. The van der Waals surface area contributed by atoms with Gasteiger partial charge in [0, 0.05) is 22.2 Å². The van der Waals surface area contributed by atoms with E-state index in [9.17, 15) is 5.11 Å². The summed E-state index contributed by atoms with van der Waals surface area (Å²) in [7, 11) is 0.